The van der Waals surface area contributed by atoms with E-state index in [2.05, 4.69) is 16.9 Å². The quantitative estimate of drug-likeness (QED) is 0.647. The molecule has 170 valence electrons. The lowest BCUT2D eigenvalue weighted by Gasteiger charge is -2.34. The maximum atomic E-state index is 13.2. The number of aromatic nitrogens is 2. The van der Waals surface area contributed by atoms with Gasteiger partial charge in [-0.2, -0.15) is 0 Å². The van der Waals surface area contributed by atoms with Crippen LogP contribution in [0.4, 0.5) is 10.6 Å². The van der Waals surface area contributed by atoms with Crippen LogP contribution in [-0.4, -0.2) is 77.6 Å². The highest BCUT2D eigenvalue weighted by Gasteiger charge is 2.37. The molecule has 0 N–H and O–H groups in total. The number of nitrogens with zero attached hydrogens (tertiary/aromatic N) is 5. The van der Waals surface area contributed by atoms with Crippen molar-refractivity contribution in [2.75, 3.05) is 44.7 Å². The summed E-state index contributed by atoms with van der Waals surface area (Å²) >= 11 is 0. The summed E-state index contributed by atoms with van der Waals surface area (Å²) in [5.74, 6) is 1.16. The van der Waals surface area contributed by atoms with E-state index in [0.29, 0.717) is 37.4 Å². The van der Waals surface area contributed by atoms with Crippen LogP contribution in [-0.2, 0) is 22.4 Å². The molecule has 3 heterocycles. The van der Waals surface area contributed by atoms with E-state index in [-0.39, 0.29) is 12.0 Å². The van der Waals surface area contributed by atoms with Gasteiger partial charge in [-0.1, -0.05) is 0 Å². The molecule has 3 aliphatic rings. The third-order valence-electron chi connectivity index (χ3n) is 7.02. The van der Waals surface area contributed by atoms with Gasteiger partial charge in [0.15, 0.2) is 5.82 Å². The number of carbonyl (C=O) groups excluding carboxylic acids is 2. The minimum Gasteiger partial charge on any atom is -0.466 e. The molecule has 8 nitrogen and oxygen atoms in total. The van der Waals surface area contributed by atoms with Crippen molar-refractivity contribution in [1.29, 1.82) is 0 Å². The highest BCUT2D eigenvalue weighted by atomic mass is 16.5. The SMILES string of the molecule is CCOC(=O)CCC1CCC(N2CCN(c3cnc4c(n3)CCN(C)CC4)C2=O)CC1. The van der Waals surface area contributed by atoms with Crippen LogP contribution < -0.4 is 4.90 Å². The Morgan fingerprint density at radius 3 is 2.58 bits per heavy atom. The maximum Gasteiger partial charge on any atom is 0.326 e. The van der Waals surface area contributed by atoms with Crippen LogP contribution in [0.2, 0.25) is 0 Å². The van der Waals surface area contributed by atoms with E-state index in [1.165, 1.54) is 0 Å². The number of urea groups is 1. The van der Waals surface area contributed by atoms with Crippen molar-refractivity contribution in [3.63, 3.8) is 0 Å². The highest BCUT2D eigenvalue weighted by molar-refractivity contribution is 5.93. The summed E-state index contributed by atoms with van der Waals surface area (Å²) in [5, 5.41) is 0. The molecule has 31 heavy (non-hydrogen) atoms. The zero-order valence-electron chi connectivity index (χ0n) is 18.9. The number of esters is 1. The zero-order chi connectivity index (χ0) is 21.8. The second-order valence-electron chi connectivity index (χ2n) is 9.07. The molecule has 0 radical (unpaired) electrons. The van der Waals surface area contributed by atoms with Crippen LogP contribution in [0.3, 0.4) is 0 Å². The standard InChI is InChI=1S/C23H35N5O3/c1-3-31-22(29)9-6-17-4-7-18(8-5-17)27-14-15-28(23(27)30)21-16-24-19-10-12-26(2)13-11-20(19)25-21/h16-18H,3-15H2,1-2H3. The van der Waals surface area contributed by atoms with E-state index < -0.39 is 0 Å². The van der Waals surface area contributed by atoms with Crippen molar-refractivity contribution in [3.8, 4) is 0 Å². The van der Waals surface area contributed by atoms with Gasteiger partial charge >= 0.3 is 12.0 Å². The van der Waals surface area contributed by atoms with Crippen molar-refractivity contribution in [2.24, 2.45) is 5.92 Å². The molecule has 0 atom stereocenters. The minimum atomic E-state index is -0.0940. The van der Waals surface area contributed by atoms with Crippen LogP contribution in [0.25, 0.3) is 0 Å². The largest absolute Gasteiger partial charge is 0.466 e. The van der Waals surface area contributed by atoms with Gasteiger partial charge in [0.2, 0.25) is 0 Å². The normalized spacial score (nSPS) is 24.8. The molecular weight excluding hydrogens is 394 g/mol. The first-order chi connectivity index (χ1) is 15.0. The third kappa shape index (κ3) is 5.17. The lowest BCUT2D eigenvalue weighted by Crippen LogP contribution is -2.41. The number of anilines is 1. The number of hydrogen-bond acceptors (Lipinski definition) is 6. The number of rotatable bonds is 6. The Labute approximate surface area is 185 Å². The molecule has 0 spiro atoms. The molecule has 1 aliphatic carbocycles. The Morgan fingerprint density at radius 1 is 1.10 bits per heavy atom. The predicted octanol–water partition coefficient (Wildman–Crippen LogP) is 2.65. The van der Waals surface area contributed by atoms with Crippen molar-refractivity contribution >= 4 is 17.8 Å². The number of amides is 2. The zero-order valence-corrected chi connectivity index (χ0v) is 18.9. The van der Waals surface area contributed by atoms with Crippen LogP contribution in [0.5, 0.6) is 0 Å². The maximum absolute atomic E-state index is 13.2. The second-order valence-corrected chi connectivity index (χ2v) is 9.07. The Morgan fingerprint density at radius 2 is 1.84 bits per heavy atom. The summed E-state index contributed by atoms with van der Waals surface area (Å²) in [6, 6.07) is 0.355. The molecule has 4 rings (SSSR count). The van der Waals surface area contributed by atoms with Crippen molar-refractivity contribution in [3.05, 3.63) is 17.6 Å². The van der Waals surface area contributed by atoms with Crippen LogP contribution in [0, 0.1) is 5.92 Å². The average molecular weight is 430 g/mol. The predicted molar refractivity (Wildman–Crippen MR) is 118 cm³/mol. The van der Waals surface area contributed by atoms with Crippen LogP contribution in [0.1, 0.15) is 56.8 Å². The highest BCUT2D eigenvalue weighted by Crippen LogP contribution is 2.33. The Hall–Kier alpha value is -2.22. The van der Waals surface area contributed by atoms with Gasteiger partial charge in [-0.05, 0) is 52.0 Å². The van der Waals surface area contributed by atoms with Crippen LogP contribution in [0.15, 0.2) is 6.20 Å². The number of ether oxygens (including phenoxy) is 1. The fraction of sp³-hybridized carbons (Fsp3) is 0.739. The lowest BCUT2D eigenvalue weighted by atomic mass is 9.83. The van der Waals surface area contributed by atoms with Crippen LogP contribution >= 0.6 is 0 Å². The Balaban J connectivity index is 1.31. The molecule has 1 saturated carbocycles. The smallest absolute Gasteiger partial charge is 0.326 e. The number of likely N-dealkylation sites (N-methyl/N-ethyl adjacent to an activating group) is 1. The van der Waals surface area contributed by atoms with E-state index in [0.717, 1.165) is 76.0 Å². The molecule has 0 unspecified atom stereocenters. The van der Waals surface area contributed by atoms with Gasteiger partial charge in [0.1, 0.15) is 0 Å². The summed E-state index contributed by atoms with van der Waals surface area (Å²) in [6.07, 6.45) is 9.13. The summed E-state index contributed by atoms with van der Waals surface area (Å²) in [4.78, 5) is 40.4. The van der Waals surface area contributed by atoms with E-state index in [1.54, 1.807) is 11.1 Å². The van der Waals surface area contributed by atoms with Crippen molar-refractivity contribution in [2.45, 2.75) is 64.3 Å². The first kappa shape index (κ1) is 22.0. The molecule has 1 aromatic rings. The van der Waals surface area contributed by atoms with E-state index >= 15 is 0 Å². The van der Waals surface area contributed by atoms with E-state index in [9.17, 15) is 9.59 Å². The topological polar surface area (TPSA) is 78.9 Å². The number of carbonyl (C=O) groups is 2. The Bertz CT molecular complexity index is 793. The molecule has 1 aromatic heterocycles. The summed E-state index contributed by atoms with van der Waals surface area (Å²) in [7, 11) is 2.13. The number of hydrogen-bond donors (Lipinski definition) is 0. The fourth-order valence-electron chi connectivity index (χ4n) is 5.09. The molecule has 2 amide bonds. The molecule has 0 bridgehead atoms. The van der Waals surface area contributed by atoms with Gasteiger partial charge in [0.25, 0.3) is 0 Å². The molecule has 8 heteroatoms. The van der Waals surface area contributed by atoms with Gasteiger partial charge in [-0.3, -0.25) is 14.7 Å². The molecule has 1 saturated heterocycles. The lowest BCUT2D eigenvalue weighted by molar-refractivity contribution is -0.143. The van der Waals surface area contributed by atoms with Gasteiger partial charge in [-0.15, -0.1) is 0 Å². The van der Waals surface area contributed by atoms with Gasteiger partial charge in [0.05, 0.1) is 24.2 Å². The monoisotopic (exact) mass is 429 g/mol. The molecule has 0 aromatic carbocycles. The summed E-state index contributed by atoms with van der Waals surface area (Å²) in [6.45, 7) is 5.69. The minimum absolute atomic E-state index is 0.0648. The second kappa shape index (κ2) is 9.94. The van der Waals surface area contributed by atoms with E-state index in [4.69, 9.17) is 9.72 Å². The van der Waals surface area contributed by atoms with Crippen molar-refractivity contribution < 1.29 is 14.3 Å². The first-order valence-corrected chi connectivity index (χ1v) is 11.8. The van der Waals surface area contributed by atoms with Gasteiger partial charge in [0, 0.05) is 51.5 Å². The molecule has 2 fully saturated rings. The summed E-state index contributed by atoms with van der Waals surface area (Å²) < 4.78 is 5.04. The third-order valence-corrected chi connectivity index (χ3v) is 7.02. The van der Waals surface area contributed by atoms with Gasteiger partial charge < -0.3 is 14.5 Å². The van der Waals surface area contributed by atoms with Crippen molar-refractivity contribution in [1.82, 2.24) is 19.8 Å². The number of fused-ring (bicyclic) bond motifs is 1. The first-order valence-electron chi connectivity index (χ1n) is 11.8. The Kier molecular flexibility index (Phi) is 7.05. The van der Waals surface area contributed by atoms with E-state index in [1.807, 2.05) is 11.8 Å². The van der Waals surface area contributed by atoms with Gasteiger partial charge in [-0.25, -0.2) is 9.78 Å². The fourth-order valence-corrected chi connectivity index (χ4v) is 5.09. The molecular formula is C23H35N5O3. The summed E-state index contributed by atoms with van der Waals surface area (Å²) in [5.41, 5.74) is 2.10. The average Bonchev–Trinajstić information content (AvgIpc) is 3.06. The molecule has 2 aliphatic heterocycles.